The van der Waals surface area contributed by atoms with E-state index in [9.17, 15) is 0 Å². The van der Waals surface area contributed by atoms with E-state index in [2.05, 4.69) is 37.4 Å². The predicted molar refractivity (Wildman–Crippen MR) is 83.1 cm³/mol. The lowest BCUT2D eigenvalue weighted by atomic mass is 10.00. The summed E-state index contributed by atoms with van der Waals surface area (Å²) in [6.07, 6.45) is 8.18. The fourth-order valence-corrected chi connectivity index (χ4v) is 3.61. The number of hydrogen-bond acceptors (Lipinski definition) is 2. The molecule has 0 aromatic heterocycles. The lowest BCUT2D eigenvalue weighted by Gasteiger charge is -2.16. The van der Waals surface area contributed by atoms with Gasteiger partial charge in [-0.1, -0.05) is 37.8 Å². The Morgan fingerprint density at radius 3 is 2.85 bits per heavy atom. The van der Waals surface area contributed by atoms with Gasteiger partial charge in [0.1, 0.15) is 11.4 Å². The van der Waals surface area contributed by atoms with Crippen LogP contribution < -0.4 is 10.1 Å². The summed E-state index contributed by atoms with van der Waals surface area (Å²) in [4.78, 5) is 0. The summed E-state index contributed by atoms with van der Waals surface area (Å²) in [5.41, 5.74) is 2.72. The van der Waals surface area contributed by atoms with Gasteiger partial charge in [-0.3, -0.25) is 0 Å². The normalized spacial score (nSPS) is 20.9. The first kappa shape index (κ1) is 13.9. The van der Waals surface area contributed by atoms with Gasteiger partial charge < -0.3 is 10.1 Å². The van der Waals surface area contributed by atoms with Crippen molar-refractivity contribution in [2.45, 2.75) is 64.5 Å². The monoisotopic (exact) mass is 273 g/mol. The van der Waals surface area contributed by atoms with Crippen LogP contribution in [0.1, 0.15) is 57.1 Å². The average Bonchev–Trinajstić information content (AvgIpc) is 2.99. The molecule has 1 saturated carbocycles. The van der Waals surface area contributed by atoms with Crippen LogP contribution in [0.4, 0.5) is 0 Å². The van der Waals surface area contributed by atoms with Crippen LogP contribution in [0.3, 0.4) is 0 Å². The van der Waals surface area contributed by atoms with Gasteiger partial charge in [-0.15, -0.1) is 0 Å². The first-order valence-corrected chi connectivity index (χ1v) is 8.14. The summed E-state index contributed by atoms with van der Waals surface area (Å²) in [7, 11) is 0. The van der Waals surface area contributed by atoms with Crippen LogP contribution in [0.2, 0.25) is 0 Å². The molecule has 0 unspecified atom stereocenters. The van der Waals surface area contributed by atoms with Gasteiger partial charge in [0, 0.05) is 13.0 Å². The van der Waals surface area contributed by atoms with E-state index in [0.717, 1.165) is 31.2 Å². The third kappa shape index (κ3) is 3.35. The van der Waals surface area contributed by atoms with E-state index in [-0.39, 0.29) is 5.60 Å². The fraction of sp³-hybridized carbons (Fsp3) is 0.667. The van der Waals surface area contributed by atoms with Crippen molar-refractivity contribution < 1.29 is 4.74 Å². The quantitative estimate of drug-likeness (QED) is 0.817. The van der Waals surface area contributed by atoms with Crippen LogP contribution >= 0.6 is 0 Å². The van der Waals surface area contributed by atoms with E-state index in [1.807, 2.05) is 0 Å². The summed E-state index contributed by atoms with van der Waals surface area (Å²) >= 11 is 0. The minimum Gasteiger partial charge on any atom is -0.487 e. The van der Waals surface area contributed by atoms with E-state index >= 15 is 0 Å². The van der Waals surface area contributed by atoms with Crippen molar-refractivity contribution in [3.8, 4) is 5.75 Å². The summed E-state index contributed by atoms with van der Waals surface area (Å²) in [6, 6.07) is 6.65. The van der Waals surface area contributed by atoms with Gasteiger partial charge in [0.2, 0.25) is 0 Å². The maximum Gasteiger partial charge on any atom is 0.123 e. The molecule has 0 atom stereocenters. The molecule has 1 N–H and O–H groups in total. The Balaban J connectivity index is 1.47. The van der Waals surface area contributed by atoms with Gasteiger partial charge in [-0.2, -0.15) is 0 Å². The summed E-state index contributed by atoms with van der Waals surface area (Å²) in [5.74, 6) is 2.06. The Hall–Kier alpha value is -1.02. The Morgan fingerprint density at radius 2 is 2.05 bits per heavy atom. The molecular weight excluding hydrogens is 246 g/mol. The SMILES string of the molecule is CC1(C)Cc2cc(CNCCC3CCCC3)ccc2O1. The molecule has 0 saturated heterocycles. The van der Waals surface area contributed by atoms with E-state index in [1.165, 1.54) is 43.2 Å². The summed E-state index contributed by atoms with van der Waals surface area (Å²) in [5, 5.41) is 3.60. The molecule has 2 aliphatic rings. The Kier molecular flexibility index (Phi) is 4.02. The molecule has 20 heavy (non-hydrogen) atoms. The smallest absolute Gasteiger partial charge is 0.123 e. The van der Waals surface area contributed by atoms with Gasteiger partial charge >= 0.3 is 0 Å². The molecule has 1 fully saturated rings. The summed E-state index contributed by atoms with van der Waals surface area (Å²) in [6.45, 7) is 6.46. The summed E-state index contributed by atoms with van der Waals surface area (Å²) < 4.78 is 5.92. The minimum absolute atomic E-state index is 0.0309. The second kappa shape index (κ2) is 5.77. The standard InChI is InChI=1S/C18H27NO/c1-18(2)12-16-11-15(7-8-17(16)20-18)13-19-10-9-14-5-3-4-6-14/h7-8,11,14,19H,3-6,9-10,12-13H2,1-2H3. The Labute approximate surface area is 122 Å². The maximum atomic E-state index is 5.92. The molecule has 110 valence electrons. The number of benzene rings is 1. The fourth-order valence-electron chi connectivity index (χ4n) is 3.61. The molecule has 1 aliphatic carbocycles. The van der Waals surface area contributed by atoms with Crippen molar-refractivity contribution >= 4 is 0 Å². The lowest BCUT2D eigenvalue weighted by Crippen LogP contribution is -2.24. The largest absolute Gasteiger partial charge is 0.487 e. The van der Waals surface area contributed by atoms with Crippen molar-refractivity contribution in [2.75, 3.05) is 6.54 Å². The van der Waals surface area contributed by atoms with E-state index in [0.29, 0.717) is 0 Å². The highest BCUT2D eigenvalue weighted by atomic mass is 16.5. The van der Waals surface area contributed by atoms with Crippen molar-refractivity contribution in [3.05, 3.63) is 29.3 Å². The van der Waals surface area contributed by atoms with Gasteiger partial charge in [0.05, 0.1) is 0 Å². The third-order valence-corrected chi connectivity index (χ3v) is 4.66. The molecule has 0 bridgehead atoms. The maximum absolute atomic E-state index is 5.92. The average molecular weight is 273 g/mol. The Morgan fingerprint density at radius 1 is 1.25 bits per heavy atom. The molecule has 2 heteroatoms. The highest BCUT2D eigenvalue weighted by Gasteiger charge is 2.29. The van der Waals surface area contributed by atoms with E-state index in [1.54, 1.807) is 0 Å². The van der Waals surface area contributed by atoms with E-state index in [4.69, 9.17) is 4.74 Å². The highest BCUT2D eigenvalue weighted by Crippen LogP contribution is 2.35. The number of hydrogen-bond donors (Lipinski definition) is 1. The van der Waals surface area contributed by atoms with Crippen LogP contribution in [-0.4, -0.2) is 12.1 Å². The van der Waals surface area contributed by atoms with Crippen molar-refractivity contribution in [2.24, 2.45) is 5.92 Å². The van der Waals surface area contributed by atoms with Gasteiger partial charge in [0.15, 0.2) is 0 Å². The van der Waals surface area contributed by atoms with Crippen LogP contribution in [0, 0.1) is 5.92 Å². The zero-order valence-corrected chi connectivity index (χ0v) is 12.9. The second-order valence-electron chi connectivity index (χ2n) is 7.10. The van der Waals surface area contributed by atoms with Crippen molar-refractivity contribution in [3.63, 3.8) is 0 Å². The first-order valence-electron chi connectivity index (χ1n) is 8.14. The Bertz CT molecular complexity index is 460. The van der Waals surface area contributed by atoms with E-state index < -0.39 is 0 Å². The minimum atomic E-state index is -0.0309. The number of fused-ring (bicyclic) bond motifs is 1. The van der Waals surface area contributed by atoms with Crippen molar-refractivity contribution in [1.29, 1.82) is 0 Å². The zero-order valence-electron chi connectivity index (χ0n) is 12.9. The lowest BCUT2D eigenvalue weighted by molar-refractivity contribution is 0.138. The topological polar surface area (TPSA) is 21.3 Å². The zero-order chi connectivity index (χ0) is 14.0. The molecule has 0 radical (unpaired) electrons. The molecule has 1 aromatic rings. The molecule has 3 rings (SSSR count). The van der Waals surface area contributed by atoms with Crippen LogP contribution in [0.15, 0.2) is 18.2 Å². The molecule has 0 amide bonds. The van der Waals surface area contributed by atoms with Crippen LogP contribution in [0.5, 0.6) is 5.75 Å². The van der Waals surface area contributed by atoms with Crippen LogP contribution in [0.25, 0.3) is 0 Å². The molecule has 1 aromatic carbocycles. The first-order chi connectivity index (χ1) is 9.62. The number of ether oxygens (including phenoxy) is 1. The molecular formula is C18H27NO. The van der Waals surface area contributed by atoms with Crippen LogP contribution in [-0.2, 0) is 13.0 Å². The molecule has 1 aliphatic heterocycles. The van der Waals surface area contributed by atoms with Gasteiger partial charge in [-0.05, 0) is 49.9 Å². The van der Waals surface area contributed by atoms with Crippen molar-refractivity contribution in [1.82, 2.24) is 5.32 Å². The molecule has 0 spiro atoms. The molecule has 1 heterocycles. The molecule has 2 nitrogen and oxygen atoms in total. The highest BCUT2D eigenvalue weighted by molar-refractivity contribution is 5.41. The van der Waals surface area contributed by atoms with Gasteiger partial charge in [-0.25, -0.2) is 0 Å². The second-order valence-corrected chi connectivity index (χ2v) is 7.10. The third-order valence-electron chi connectivity index (χ3n) is 4.66. The number of rotatable bonds is 5. The number of nitrogens with one attached hydrogen (secondary N) is 1. The van der Waals surface area contributed by atoms with Gasteiger partial charge in [0.25, 0.3) is 0 Å². The predicted octanol–water partition coefficient (Wildman–Crippen LogP) is 4.07.